The molecule has 2 unspecified atom stereocenters. The van der Waals surface area contributed by atoms with Gasteiger partial charge in [-0.05, 0) is 38.5 Å². The Bertz CT molecular complexity index is 258. The fourth-order valence-corrected chi connectivity index (χ4v) is 2.88. The van der Waals surface area contributed by atoms with E-state index in [-0.39, 0.29) is 17.3 Å². The monoisotopic (exact) mass is 226 g/mol. The zero-order valence-corrected chi connectivity index (χ0v) is 10.1. The largest absolute Gasteiger partial charge is 0.385 e. The molecular formula is C13H22O3. The Labute approximate surface area is 97.2 Å². The average molecular weight is 226 g/mol. The van der Waals surface area contributed by atoms with E-state index in [1.54, 1.807) is 0 Å². The standard InChI is InChI=1S/C13H22O3/c1-2-4-11(14)12(15)10-5-8-16-13(9-10)6-3-7-13/h10-11,14H,2-9H2,1H3. The van der Waals surface area contributed by atoms with Crippen molar-refractivity contribution in [2.75, 3.05) is 6.61 Å². The highest BCUT2D eigenvalue weighted by atomic mass is 16.5. The van der Waals surface area contributed by atoms with Crippen molar-refractivity contribution in [2.45, 2.75) is 63.6 Å². The minimum Gasteiger partial charge on any atom is -0.385 e. The smallest absolute Gasteiger partial charge is 0.164 e. The van der Waals surface area contributed by atoms with Gasteiger partial charge in [0.25, 0.3) is 0 Å². The van der Waals surface area contributed by atoms with Gasteiger partial charge >= 0.3 is 0 Å². The summed E-state index contributed by atoms with van der Waals surface area (Å²) >= 11 is 0. The van der Waals surface area contributed by atoms with Gasteiger partial charge in [-0.3, -0.25) is 4.79 Å². The van der Waals surface area contributed by atoms with Gasteiger partial charge in [0.1, 0.15) is 6.10 Å². The molecule has 1 spiro atoms. The number of hydrogen-bond donors (Lipinski definition) is 1. The van der Waals surface area contributed by atoms with Crippen LogP contribution in [0.4, 0.5) is 0 Å². The first-order valence-electron chi connectivity index (χ1n) is 6.52. The van der Waals surface area contributed by atoms with E-state index in [9.17, 15) is 9.90 Å². The summed E-state index contributed by atoms with van der Waals surface area (Å²) in [6.45, 7) is 2.68. The van der Waals surface area contributed by atoms with Gasteiger partial charge in [-0.1, -0.05) is 13.3 Å². The predicted octanol–water partition coefficient (Wildman–Crippen LogP) is 2.07. The van der Waals surface area contributed by atoms with Crippen molar-refractivity contribution in [1.82, 2.24) is 0 Å². The maximum absolute atomic E-state index is 12.0. The number of hydrogen-bond acceptors (Lipinski definition) is 3. The first-order chi connectivity index (χ1) is 7.67. The third kappa shape index (κ3) is 2.30. The fraction of sp³-hybridized carbons (Fsp3) is 0.923. The molecule has 1 heterocycles. The molecule has 92 valence electrons. The molecule has 0 aromatic carbocycles. The maximum Gasteiger partial charge on any atom is 0.164 e. The van der Waals surface area contributed by atoms with E-state index >= 15 is 0 Å². The van der Waals surface area contributed by atoms with Crippen LogP contribution in [0, 0.1) is 5.92 Å². The summed E-state index contributed by atoms with van der Waals surface area (Å²) in [7, 11) is 0. The molecule has 0 radical (unpaired) electrons. The first-order valence-corrected chi connectivity index (χ1v) is 6.52. The number of carbonyl (C=O) groups excluding carboxylic acids is 1. The summed E-state index contributed by atoms with van der Waals surface area (Å²) in [6.07, 6.45) is 5.77. The number of ketones is 1. The second-order valence-corrected chi connectivity index (χ2v) is 5.28. The molecule has 0 aromatic heterocycles. The number of aliphatic hydroxyl groups excluding tert-OH is 1. The molecule has 2 aliphatic rings. The molecule has 2 atom stereocenters. The Balaban J connectivity index is 1.91. The average Bonchev–Trinajstić information content (AvgIpc) is 2.26. The van der Waals surface area contributed by atoms with Crippen molar-refractivity contribution in [2.24, 2.45) is 5.92 Å². The predicted molar refractivity (Wildman–Crippen MR) is 61.2 cm³/mol. The molecule has 1 aliphatic heterocycles. The van der Waals surface area contributed by atoms with Crippen molar-refractivity contribution in [3.8, 4) is 0 Å². The Hall–Kier alpha value is -0.410. The van der Waals surface area contributed by atoms with Crippen molar-refractivity contribution in [3.05, 3.63) is 0 Å². The van der Waals surface area contributed by atoms with Crippen LogP contribution in [0.15, 0.2) is 0 Å². The Morgan fingerprint density at radius 3 is 2.88 bits per heavy atom. The molecule has 0 aromatic rings. The van der Waals surface area contributed by atoms with Crippen LogP contribution >= 0.6 is 0 Å². The lowest BCUT2D eigenvalue weighted by atomic mass is 9.70. The molecule has 3 nitrogen and oxygen atoms in total. The molecule has 2 rings (SSSR count). The van der Waals surface area contributed by atoms with Gasteiger partial charge in [0.2, 0.25) is 0 Å². The number of aliphatic hydroxyl groups is 1. The minimum atomic E-state index is -0.745. The molecular weight excluding hydrogens is 204 g/mol. The molecule has 3 heteroatoms. The second-order valence-electron chi connectivity index (χ2n) is 5.28. The number of rotatable bonds is 4. The highest BCUT2D eigenvalue weighted by Crippen LogP contribution is 2.44. The molecule has 0 bridgehead atoms. The lowest BCUT2D eigenvalue weighted by Crippen LogP contribution is -2.48. The van der Waals surface area contributed by atoms with Gasteiger partial charge in [0, 0.05) is 12.5 Å². The van der Waals surface area contributed by atoms with Crippen LogP contribution in [0.1, 0.15) is 51.9 Å². The highest BCUT2D eigenvalue weighted by molar-refractivity contribution is 5.85. The van der Waals surface area contributed by atoms with Gasteiger partial charge in [0.15, 0.2) is 5.78 Å². The van der Waals surface area contributed by atoms with Crippen molar-refractivity contribution >= 4 is 5.78 Å². The normalized spacial score (nSPS) is 29.8. The third-order valence-electron chi connectivity index (χ3n) is 4.05. The lowest BCUT2D eigenvalue weighted by molar-refractivity contribution is -0.160. The molecule has 2 fully saturated rings. The summed E-state index contributed by atoms with van der Waals surface area (Å²) in [6, 6.07) is 0. The number of Topliss-reactive ketones (excluding diaryl/α,β-unsaturated/α-hetero) is 1. The summed E-state index contributed by atoms with van der Waals surface area (Å²) in [5.41, 5.74) is 0.00448. The summed E-state index contributed by atoms with van der Waals surface area (Å²) in [5, 5.41) is 9.74. The Morgan fingerprint density at radius 2 is 2.31 bits per heavy atom. The summed E-state index contributed by atoms with van der Waals surface area (Å²) in [4.78, 5) is 12.0. The first kappa shape index (κ1) is 12.1. The van der Waals surface area contributed by atoms with Gasteiger partial charge in [0.05, 0.1) is 5.60 Å². The van der Waals surface area contributed by atoms with Crippen LogP contribution in [0.2, 0.25) is 0 Å². The van der Waals surface area contributed by atoms with Gasteiger partial charge in [-0.15, -0.1) is 0 Å². The molecule has 1 saturated carbocycles. The van der Waals surface area contributed by atoms with E-state index in [1.807, 2.05) is 6.92 Å². The number of ether oxygens (including phenoxy) is 1. The van der Waals surface area contributed by atoms with Gasteiger partial charge in [-0.25, -0.2) is 0 Å². The third-order valence-corrected chi connectivity index (χ3v) is 4.05. The van der Waals surface area contributed by atoms with E-state index in [2.05, 4.69) is 0 Å². The second kappa shape index (κ2) is 4.84. The van der Waals surface area contributed by atoms with Crippen molar-refractivity contribution < 1.29 is 14.6 Å². The molecule has 1 N–H and O–H groups in total. The van der Waals surface area contributed by atoms with Crippen LogP contribution in [0.3, 0.4) is 0 Å². The SMILES string of the molecule is CCCC(O)C(=O)C1CCOC2(CCC2)C1. The molecule has 0 amide bonds. The van der Waals surface area contributed by atoms with E-state index < -0.39 is 6.10 Å². The quantitative estimate of drug-likeness (QED) is 0.798. The lowest BCUT2D eigenvalue weighted by Gasteiger charge is -2.47. The zero-order chi connectivity index (χ0) is 11.6. The highest BCUT2D eigenvalue weighted by Gasteiger charge is 2.44. The Morgan fingerprint density at radius 1 is 1.56 bits per heavy atom. The molecule has 1 saturated heterocycles. The topological polar surface area (TPSA) is 46.5 Å². The molecule has 16 heavy (non-hydrogen) atoms. The Kier molecular flexibility index (Phi) is 3.65. The summed E-state index contributed by atoms with van der Waals surface area (Å²) < 4.78 is 5.79. The van der Waals surface area contributed by atoms with Crippen LogP contribution in [-0.4, -0.2) is 29.2 Å². The van der Waals surface area contributed by atoms with E-state index in [4.69, 9.17) is 4.74 Å². The van der Waals surface area contributed by atoms with Crippen LogP contribution in [-0.2, 0) is 9.53 Å². The van der Waals surface area contributed by atoms with E-state index in [0.29, 0.717) is 13.0 Å². The zero-order valence-electron chi connectivity index (χ0n) is 10.1. The maximum atomic E-state index is 12.0. The van der Waals surface area contributed by atoms with Crippen LogP contribution in [0.25, 0.3) is 0 Å². The van der Waals surface area contributed by atoms with Crippen molar-refractivity contribution in [1.29, 1.82) is 0 Å². The summed E-state index contributed by atoms with van der Waals surface area (Å²) in [5.74, 6) is 0.0898. The van der Waals surface area contributed by atoms with E-state index in [0.717, 1.165) is 32.1 Å². The van der Waals surface area contributed by atoms with Crippen molar-refractivity contribution in [3.63, 3.8) is 0 Å². The van der Waals surface area contributed by atoms with Crippen LogP contribution in [0.5, 0.6) is 0 Å². The minimum absolute atomic E-state index is 0.00448. The fourth-order valence-electron chi connectivity index (χ4n) is 2.88. The number of carbonyl (C=O) groups is 1. The van der Waals surface area contributed by atoms with Gasteiger partial charge in [-0.2, -0.15) is 0 Å². The van der Waals surface area contributed by atoms with Gasteiger partial charge < -0.3 is 9.84 Å². The molecule has 1 aliphatic carbocycles. The van der Waals surface area contributed by atoms with E-state index in [1.165, 1.54) is 6.42 Å². The van der Waals surface area contributed by atoms with Crippen LogP contribution < -0.4 is 0 Å².